The van der Waals surface area contributed by atoms with Crippen LogP contribution in [0.25, 0.3) is 0 Å². The van der Waals surface area contributed by atoms with E-state index in [9.17, 15) is 14.4 Å². The summed E-state index contributed by atoms with van der Waals surface area (Å²) in [6.07, 6.45) is 4.43. The predicted molar refractivity (Wildman–Crippen MR) is 75.5 cm³/mol. The van der Waals surface area contributed by atoms with Crippen molar-refractivity contribution < 1.29 is 19.5 Å². The van der Waals surface area contributed by atoms with E-state index in [-0.39, 0.29) is 24.3 Å². The van der Waals surface area contributed by atoms with Crippen LogP contribution in [-0.2, 0) is 9.59 Å². The summed E-state index contributed by atoms with van der Waals surface area (Å²) in [5.41, 5.74) is 4.67. The Morgan fingerprint density at radius 2 is 1.76 bits per heavy atom. The lowest BCUT2D eigenvalue weighted by Gasteiger charge is -2.35. The maximum absolute atomic E-state index is 12.3. The van der Waals surface area contributed by atoms with Crippen LogP contribution in [0.3, 0.4) is 0 Å². The number of carbonyl (C=O) groups excluding carboxylic acids is 2. The minimum Gasteiger partial charge on any atom is -0.481 e. The lowest BCUT2D eigenvalue weighted by Crippen LogP contribution is -2.54. The molecule has 21 heavy (non-hydrogen) atoms. The first-order valence-corrected chi connectivity index (χ1v) is 7.50. The van der Waals surface area contributed by atoms with Crippen LogP contribution in [0.2, 0.25) is 0 Å². The minimum atomic E-state index is -0.885. The van der Waals surface area contributed by atoms with Gasteiger partial charge in [-0.15, -0.1) is 0 Å². The van der Waals surface area contributed by atoms with E-state index < -0.39 is 11.5 Å². The van der Waals surface area contributed by atoms with Crippen molar-refractivity contribution in [1.82, 2.24) is 10.2 Å². The molecule has 2 aliphatic rings. The maximum Gasteiger partial charge on any atom is 0.317 e. The van der Waals surface area contributed by atoms with Crippen LogP contribution in [0.4, 0.5) is 4.79 Å². The van der Waals surface area contributed by atoms with Crippen LogP contribution in [0.1, 0.15) is 44.9 Å². The Balaban J connectivity index is 1.91. The smallest absolute Gasteiger partial charge is 0.317 e. The van der Waals surface area contributed by atoms with E-state index in [1.807, 2.05) is 0 Å². The van der Waals surface area contributed by atoms with Crippen molar-refractivity contribution in [1.29, 1.82) is 0 Å². The maximum atomic E-state index is 12.3. The molecule has 1 saturated carbocycles. The molecule has 7 nitrogen and oxygen atoms in total. The summed E-state index contributed by atoms with van der Waals surface area (Å²) in [6.45, 7) is 0.977. The fraction of sp³-hybridized carbons (Fsp3) is 0.786. The van der Waals surface area contributed by atoms with Gasteiger partial charge in [0.2, 0.25) is 5.91 Å². The average Bonchev–Trinajstić information content (AvgIpc) is 2.86. The third-order valence-electron chi connectivity index (χ3n) is 4.61. The second-order valence-corrected chi connectivity index (χ2v) is 6.15. The molecule has 0 bridgehead atoms. The molecule has 0 aromatic carbocycles. The van der Waals surface area contributed by atoms with Gasteiger partial charge >= 0.3 is 12.0 Å². The summed E-state index contributed by atoms with van der Waals surface area (Å²) >= 11 is 0. The van der Waals surface area contributed by atoms with Gasteiger partial charge in [-0.25, -0.2) is 4.79 Å². The van der Waals surface area contributed by atoms with Gasteiger partial charge in [0, 0.05) is 19.0 Å². The van der Waals surface area contributed by atoms with Crippen molar-refractivity contribution in [3.63, 3.8) is 0 Å². The van der Waals surface area contributed by atoms with Crippen LogP contribution in [-0.4, -0.2) is 46.5 Å². The summed E-state index contributed by atoms with van der Waals surface area (Å²) in [6, 6.07) is -0.221. The number of carboxylic acids is 1. The molecule has 3 amide bonds. The molecule has 0 spiro atoms. The second kappa shape index (κ2) is 6.32. The first-order chi connectivity index (χ1) is 9.92. The number of piperidine rings is 1. The van der Waals surface area contributed by atoms with Crippen molar-refractivity contribution in [2.75, 3.05) is 13.1 Å². The number of nitrogens with two attached hydrogens (primary N) is 1. The predicted octanol–water partition coefficient (Wildman–Crippen LogP) is 0.681. The Morgan fingerprint density at radius 3 is 2.24 bits per heavy atom. The molecular formula is C14H23N3O4. The van der Waals surface area contributed by atoms with Gasteiger partial charge in [-0.2, -0.15) is 0 Å². The van der Waals surface area contributed by atoms with Gasteiger partial charge in [-0.3, -0.25) is 9.59 Å². The normalized spacial score (nSPS) is 22.0. The molecule has 0 radical (unpaired) electrons. The zero-order valence-electron chi connectivity index (χ0n) is 12.1. The molecule has 0 aromatic rings. The number of nitrogens with zero attached hydrogens (tertiary/aromatic N) is 1. The number of likely N-dealkylation sites (tertiary alicyclic amines) is 1. The van der Waals surface area contributed by atoms with Gasteiger partial charge in [0.25, 0.3) is 0 Å². The Morgan fingerprint density at radius 1 is 1.19 bits per heavy atom. The molecule has 118 valence electrons. The van der Waals surface area contributed by atoms with Crippen molar-refractivity contribution in [3.05, 3.63) is 0 Å². The highest BCUT2D eigenvalue weighted by Gasteiger charge is 2.39. The molecule has 7 heteroatoms. The van der Waals surface area contributed by atoms with E-state index in [1.54, 1.807) is 4.90 Å². The first kappa shape index (κ1) is 15.6. The number of amides is 3. The number of hydrogen-bond donors (Lipinski definition) is 3. The topological polar surface area (TPSA) is 113 Å². The van der Waals surface area contributed by atoms with Crippen LogP contribution < -0.4 is 11.1 Å². The number of carbonyl (C=O) groups is 3. The second-order valence-electron chi connectivity index (χ2n) is 6.15. The molecule has 4 N–H and O–H groups in total. The fourth-order valence-corrected chi connectivity index (χ4v) is 3.36. The van der Waals surface area contributed by atoms with Crippen molar-refractivity contribution in [3.8, 4) is 0 Å². The Bertz CT molecular complexity index is 424. The van der Waals surface area contributed by atoms with Gasteiger partial charge in [-0.05, 0) is 25.7 Å². The number of primary amides is 1. The lowest BCUT2D eigenvalue weighted by molar-refractivity contribution is -0.138. The highest BCUT2D eigenvalue weighted by Crippen LogP contribution is 2.33. The molecular weight excluding hydrogens is 274 g/mol. The Hall–Kier alpha value is -1.79. The summed E-state index contributed by atoms with van der Waals surface area (Å²) in [4.78, 5) is 36.1. The number of rotatable bonds is 4. The van der Waals surface area contributed by atoms with Crippen LogP contribution in [0.15, 0.2) is 0 Å². The van der Waals surface area contributed by atoms with E-state index in [4.69, 9.17) is 10.8 Å². The van der Waals surface area contributed by atoms with E-state index in [1.165, 1.54) is 0 Å². The van der Waals surface area contributed by atoms with Crippen molar-refractivity contribution >= 4 is 17.9 Å². The lowest BCUT2D eigenvalue weighted by atomic mass is 9.93. The number of urea groups is 1. The van der Waals surface area contributed by atoms with Gasteiger partial charge in [0.15, 0.2) is 0 Å². The third kappa shape index (κ3) is 3.86. The van der Waals surface area contributed by atoms with Gasteiger partial charge in [0.1, 0.15) is 0 Å². The first-order valence-electron chi connectivity index (χ1n) is 7.50. The average molecular weight is 297 g/mol. The van der Waals surface area contributed by atoms with Crippen LogP contribution in [0.5, 0.6) is 0 Å². The van der Waals surface area contributed by atoms with Crippen molar-refractivity contribution in [2.45, 2.75) is 50.5 Å². The van der Waals surface area contributed by atoms with E-state index in [0.29, 0.717) is 38.8 Å². The fourth-order valence-electron chi connectivity index (χ4n) is 3.36. The molecule has 1 aliphatic carbocycles. The molecule has 1 saturated heterocycles. The molecule has 0 aromatic heterocycles. The molecule has 0 atom stereocenters. The Kier molecular flexibility index (Phi) is 4.69. The number of carboxylic acid groups (broad SMARTS) is 1. The highest BCUT2D eigenvalue weighted by molar-refractivity contribution is 5.79. The number of aliphatic carboxylic acids is 1. The van der Waals surface area contributed by atoms with E-state index in [0.717, 1.165) is 12.8 Å². The number of hydrogen-bond acceptors (Lipinski definition) is 3. The molecule has 2 rings (SSSR count). The number of nitrogens with one attached hydrogen (secondary N) is 1. The quantitative estimate of drug-likeness (QED) is 0.708. The molecule has 1 aliphatic heterocycles. The molecule has 1 heterocycles. The Labute approximate surface area is 123 Å². The van der Waals surface area contributed by atoms with Crippen LogP contribution in [0, 0.1) is 5.92 Å². The molecule has 2 fully saturated rings. The summed E-state index contributed by atoms with van der Waals surface area (Å²) in [5, 5.41) is 12.0. The monoisotopic (exact) mass is 297 g/mol. The van der Waals surface area contributed by atoms with Gasteiger partial charge < -0.3 is 21.1 Å². The van der Waals surface area contributed by atoms with Crippen LogP contribution >= 0.6 is 0 Å². The molecule has 0 unspecified atom stereocenters. The van der Waals surface area contributed by atoms with Crippen molar-refractivity contribution in [2.24, 2.45) is 11.7 Å². The third-order valence-corrected chi connectivity index (χ3v) is 4.61. The zero-order valence-corrected chi connectivity index (χ0v) is 12.1. The van der Waals surface area contributed by atoms with Gasteiger partial charge in [-0.1, -0.05) is 12.8 Å². The minimum absolute atomic E-state index is 0.0313. The van der Waals surface area contributed by atoms with E-state index in [2.05, 4.69) is 5.32 Å². The standard InChI is InChI=1S/C14H23N3O4/c15-12(20)10-3-7-17(8-4-10)13(21)16-14(9-11(18)19)5-1-2-6-14/h10H,1-9H2,(H2,15,20)(H,16,21)(H,18,19). The summed E-state index contributed by atoms with van der Waals surface area (Å²) in [7, 11) is 0. The highest BCUT2D eigenvalue weighted by atomic mass is 16.4. The largest absolute Gasteiger partial charge is 0.481 e. The summed E-state index contributed by atoms with van der Waals surface area (Å²) < 4.78 is 0. The van der Waals surface area contributed by atoms with Gasteiger partial charge in [0.05, 0.1) is 12.0 Å². The van der Waals surface area contributed by atoms with E-state index >= 15 is 0 Å². The SMILES string of the molecule is NC(=O)C1CCN(C(=O)NC2(CC(=O)O)CCCC2)CC1. The zero-order chi connectivity index (χ0) is 15.5. The summed E-state index contributed by atoms with van der Waals surface area (Å²) in [5.74, 6) is -1.36.